The minimum absolute atomic E-state index is 0.0669. The number of rotatable bonds is 6. The number of hydrogen-bond donors (Lipinski definition) is 1. The van der Waals surface area contributed by atoms with E-state index in [1.54, 1.807) is 18.1 Å². The molecule has 0 bridgehead atoms. The number of nitrogens with zero attached hydrogens (tertiary/aromatic N) is 3. The average Bonchev–Trinajstić information content (AvgIpc) is 2.44. The first kappa shape index (κ1) is 19.4. The van der Waals surface area contributed by atoms with E-state index in [1.807, 2.05) is 34.6 Å². The molecule has 0 radical (unpaired) electrons. The second kappa shape index (κ2) is 8.24. The predicted molar refractivity (Wildman–Crippen MR) is 89.4 cm³/mol. The van der Waals surface area contributed by atoms with Crippen LogP contribution in [-0.2, 0) is 4.74 Å². The van der Waals surface area contributed by atoms with E-state index in [0.717, 1.165) is 17.1 Å². The highest BCUT2D eigenvalue weighted by Crippen LogP contribution is 2.24. The van der Waals surface area contributed by atoms with Crippen molar-refractivity contribution in [1.29, 1.82) is 0 Å². The number of aryl methyl sites for hydroxylation is 2. The molecule has 130 valence electrons. The van der Waals surface area contributed by atoms with Gasteiger partial charge in [-0.3, -0.25) is 9.97 Å². The molecule has 1 atom stereocenters. The normalized spacial score (nSPS) is 12.8. The Balaban J connectivity index is 2.73. The molecule has 1 unspecified atom stereocenters. The Hall–Kier alpha value is -1.69. The van der Waals surface area contributed by atoms with Gasteiger partial charge in [0.2, 0.25) is 0 Å². The summed E-state index contributed by atoms with van der Waals surface area (Å²) >= 11 is 0. The number of aliphatic hydroxyl groups excluding tert-OH is 1. The highest BCUT2D eigenvalue weighted by molar-refractivity contribution is 5.67. The number of aliphatic hydroxyl groups is 1. The van der Waals surface area contributed by atoms with Crippen molar-refractivity contribution in [2.45, 2.75) is 59.0 Å². The zero-order valence-corrected chi connectivity index (χ0v) is 15.1. The largest absolute Gasteiger partial charge is 0.444 e. The van der Waals surface area contributed by atoms with E-state index in [-0.39, 0.29) is 18.6 Å². The molecule has 6 nitrogen and oxygen atoms in total. The van der Waals surface area contributed by atoms with Gasteiger partial charge in [0.25, 0.3) is 0 Å². The lowest BCUT2D eigenvalue weighted by Gasteiger charge is -2.26. The van der Waals surface area contributed by atoms with Gasteiger partial charge in [-0.15, -0.1) is 0 Å². The molecule has 0 spiro atoms. The summed E-state index contributed by atoms with van der Waals surface area (Å²) in [7, 11) is 1.72. The molecule has 0 saturated carbocycles. The fraction of sp³-hybridized carbons (Fsp3) is 0.706. The van der Waals surface area contributed by atoms with Crippen molar-refractivity contribution in [3.8, 4) is 0 Å². The van der Waals surface area contributed by atoms with Gasteiger partial charge in [0.05, 0.1) is 17.1 Å². The van der Waals surface area contributed by atoms with Gasteiger partial charge in [0.1, 0.15) is 5.60 Å². The molecule has 0 aromatic carbocycles. The van der Waals surface area contributed by atoms with Crippen LogP contribution in [0.3, 0.4) is 0 Å². The Labute approximate surface area is 138 Å². The quantitative estimate of drug-likeness (QED) is 0.871. The third-order valence-electron chi connectivity index (χ3n) is 3.49. The standard InChI is InChI=1S/C17H29N3O3/c1-12-11-18-13(2)15(19-12)14(8-10-21)7-9-20(6)16(22)23-17(3,4)5/h11,14,21H,7-10H2,1-6H3. The van der Waals surface area contributed by atoms with Crippen LogP contribution in [0.25, 0.3) is 0 Å². The summed E-state index contributed by atoms with van der Waals surface area (Å²) in [5, 5.41) is 9.33. The van der Waals surface area contributed by atoms with Crippen LogP contribution >= 0.6 is 0 Å². The van der Waals surface area contributed by atoms with Gasteiger partial charge in [-0.2, -0.15) is 0 Å². The van der Waals surface area contributed by atoms with E-state index in [1.165, 1.54) is 0 Å². The van der Waals surface area contributed by atoms with E-state index < -0.39 is 5.60 Å². The third kappa shape index (κ3) is 6.52. The molecule has 0 saturated heterocycles. The van der Waals surface area contributed by atoms with Gasteiger partial charge in [0, 0.05) is 32.3 Å². The molecule has 1 amide bonds. The van der Waals surface area contributed by atoms with Crippen molar-refractivity contribution in [3.05, 3.63) is 23.3 Å². The van der Waals surface area contributed by atoms with E-state index in [0.29, 0.717) is 19.4 Å². The molecule has 0 aliphatic heterocycles. The fourth-order valence-electron chi connectivity index (χ4n) is 2.30. The third-order valence-corrected chi connectivity index (χ3v) is 3.49. The first-order valence-electron chi connectivity index (χ1n) is 7.99. The summed E-state index contributed by atoms with van der Waals surface area (Å²) in [6.07, 6.45) is 2.70. The fourth-order valence-corrected chi connectivity index (χ4v) is 2.30. The van der Waals surface area contributed by atoms with E-state index in [9.17, 15) is 9.90 Å². The van der Waals surface area contributed by atoms with Crippen molar-refractivity contribution in [2.24, 2.45) is 0 Å². The summed E-state index contributed by atoms with van der Waals surface area (Å²) in [5.74, 6) is 0.0669. The lowest BCUT2D eigenvalue weighted by atomic mass is 9.95. The SMILES string of the molecule is Cc1cnc(C)c(C(CCO)CCN(C)C(=O)OC(C)(C)C)n1. The van der Waals surface area contributed by atoms with Crippen LogP contribution in [-0.4, -0.2) is 51.9 Å². The van der Waals surface area contributed by atoms with Crippen molar-refractivity contribution >= 4 is 6.09 Å². The molecule has 1 aromatic heterocycles. The number of carbonyl (C=O) groups excluding carboxylic acids is 1. The molecule has 0 aliphatic rings. The Morgan fingerprint density at radius 3 is 2.57 bits per heavy atom. The van der Waals surface area contributed by atoms with Gasteiger partial charge in [-0.05, 0) is 47.5 Å². The van der Waals surface area contributed by atoms with Crippen LogP contribution in [0, 0.1) is 13.8 Å². The van der Waals surface area contributed by atoms with Crippen LogP contribution in [0.1, 0.15) is 56.6 Å². The lowest BCUT2D eigenvalue weighted by molar-refractivity contribution is 0.0293. The number of hydrogen-bond acceptors (Lipinski definition) is 5. The second-order valence-electron chi connectivity index (χ2n) is 6.88. The van der Waals surface area contributed by atoms with Gasteiger partial charge < -0.3 is 14.7 Å². The molecule has 1 rings (SSSR count). The van der Waals surface area contributed by atoms with E-state index in [4.69, 9.17) is 4.74 Å². The number of amides is 1. The number of ether oxygens (including phenoxy) is 1. The molecule has 0 aliphatic carbocycles. The minimum Gasteiger partial charge on any atom is -0.444 e. The highest BCUT2D eigenvalue weighted by atomic mass is 16.6. The molecular formula is C17H29N3O3. The summed E-state index contributed by atoms with van der Waals surface area (Å²) in [5.41, 5.74) is 2.12. The van der Waals surface area contributed by atoms with Gasteiger partial charge >= 0.3 is 6.09 Å². The molecular weight excluding hydrogens is 294 g/mol. The van der Waals surface area contributed by atoms with Crippen LogP contribution in [0.4, 0.5) is 4.79 Å². The summed E-state index contributed by atoms with van der Waals surface area (Å²) in [6, 6.07) is 0. The molecule has 1 heterocycles. The maximum absolute atomic E-state index is 12.0. The van der Waals surface area contributed by atoms with Crippen LogP contribution in [0.5, 0.6) is 0 Å². The number of carbonyl (C=O) groups is 1. The van der Waals surface area contributed by atoms with Crippen LogP contribution < -0.4 is 0 Å². The lowest BCUT2D eigenvalue weighted by Crippen LogP contribution is -2.35. The van der Waals surface area contributed by atoms with Gasteiger partial charge in [-0.25, -0.2) is 4.79 Å². The summed E-state index contributed by atoms with van der Waals surface area (Å²) in [6.45, 7) is 9.98. The molecule has 6 heteroatoms. The Morgan fingerprint density at radius 2 is 2.00 bits per heavy atom. The number of aromatic nitrogens is 2. The topological polar surface area (TPSA) is 75.6 Å². The molecule has 1 aromatic rings. The van der Waals surface area contributed by atoms with Gasteiger partial charge in [-0.1, -0.05) is 0 Å². The minimum atomic E-state index is -0.506. The molecule has 0 fully saturated rings. The van der Waals surface area contributed by atoms with Crippen LogP contribution in [0.2, 0.25) is 0 Å². The maximum atomic E-state index is 12.0. The molecule has 1 N–H and O–H groups in total. The van der Waals surface area contributed by atoms with Crippen molar-refractivity contribution < 1.29 is 14.6 Å². The van der Waals surface area contributed by atoms with Gasteiger partial charge in [0.15, 0.2) is 0 Å². The van der Waals surface area contributed by atoms with E-state index >= 15 is 0 Å². The maximum Gasteiger partial charge on any atom is 0.410 e. The Morgan fingerprint density at radius 1 is 1.35 bits per heavy atom. The van der Waals surface area contributed by atoms with Crippen molar-refractivity contribution in [1.82, 2.24) is 14.9 Å². The Kier molecular flexibility index (Phi) is 6.94. The first-order valence-corrected chi connectivity index (χ1v) is 7.99. The average molecular weight is 323 g/mol. The summed E-state index contributed by atoms with van der Waals surface area (Å²) in [4.78, 5) is 22.5. The second-order valence-corrected chi connectivity index (χ2v) is 6.88. The summed E-state index contributed by atoms with van der Waals surface area (Å²) < 4.78 is 5.35. The first-order chi connectivity index (χ1) is 10.6. The predicted octanol–water partition coefficient (Wildman–Crippen LogP) is 2.82. The zero-order chi connectivity index (χ0) is 17.6. The monoisotopic (exact) mass is 323 g/mol. The Bertz CT molecular complexity index is 526. The zero-order valence-electron chi connectivity index (χ0n) is 15.1. The molecule has 23 heavy (non-hydrogen) atoms. The van der Waals surface area contributed by atoms with E-state index in [2.05, 4.69) is 9.97 Å². The van der Waals surface area contributed by atoms with Crippen molar-refractivity contribution in [2.75, 3.05) is 20.2 Å². The smallest absolute Gasteiger partial charge is 0.410 e. The van der Waals surface area contributed by atoms with Crippen molar-refractivity contribution in [3.63, 3.8) is 0 Å². The van der Waals surface area contributed by atoms with Crippen LogP contribution in [0.15, 0.2) is 6.20 Å². The highest BCUT2D eigenvalue weighted by Gasteiger charge is 2.22.